The van der Waals surface area contributed by atoms with Crippen molar-refractivity contribution in [2.45, 2.75) is 30.2 Å². The molecule has 1 unspecified atom stereocenters. The summed E-state index contributed by atoms with van der Waals surface area (Å²) in [6.07, 6.45) is -0.133. The van der Waals surface area contributed by atoms with E-state index in [2.05, 4.69) is 20.7 Å². The first-order valence-electron chi connectivity index (χ1n) is 5.75. The monoisotopic (exact) mass is 335 g/mol. The van der Waals surface area contributed by atoms with Gasteiger partial charge in [-0.1, -0.05) is 28.1 Å². The van der Waals surface area contributed by atoms with Gasteiger partial charge in [-0.05, 0) is 31.5 Å². The molecule has 4 nitrogen and oxygen atoms in total. The third-order valence-corrected chi connectivity index (χ3v) is 4.49. The Morgan fingerprint density at radius 3 is 2.44 bits per heavy atom. The molecular formula is C12H18BrNO3S. The number of alkyl halides is 1. The Kier molecular flexibility index (Phi) is 6.28. The van der Waals surface area contributed by atoms with Gasteiger partial charge in [-0.3, -0.25) is 0 Å². The number of ether oxygens (including phenoxy) is 1. The summed E-state index contributed by atoms with van der Waals surface area (Å²) in [7, 11) is -3.44. The molecule has 6 heteroatoms. The van der Waals surface area contributed by atoms with Gasteiger partial charge in [0.15, 0.2) is 0 Å². The van der Waals surface area contributed by atoms with Gasteiger partial charge < -0.3 is 4.74 Å². The van der Waals surface area contributed by atoms with Crippen LogP contribution < -0.4 is 4.72 Å². The maximum Gasteiger partial charge on any atom is 0.240 e. The first-order chi connectivity index (χ1) is 8.49. The first kappa shape index (κ1) is 15.6. The van der Waals surface area contributed by atoms with Gasteiger partial charge in [-0.25, -0.2) is 13.1 Å². The van der Waals surface area contributed by atoms with E-state index >= 15 is 0 Å². The van der Waals surface area contributed by atoms with E-state index in [4.69, 9.17) is 4.74 Å². The van der Waals surface area contributed by atoms with Gasteiger partial charge >= 0.3 is 0 Å². The van der Waals surface area contributed by atoms with Crippen molar-refractivity contribution in [2.24, 2.45) is 0 Å². The summed E-state index contributed by atoms with van der Waals surface area (Å²) in [5, 5.41) is 0.710. The standard InChI is InChI=1S/C12H18BrNO3S/c1-3-17-10(2)9-14-18(15,16)12-6-4-11(8-13)5-7-12/h4-7,10,14H,3,8-9H2,1-2H3. The van der Waals surface area contributed by atoms with Crippen molar-refractivity contribution in [3.05, 3.63) is 29.8 Å². The maximum atomic E-state index is 12.0. The van der Waals surface area contributed by atoms with E-state index in [1.807, 2.05) is 13.8 Å². The van der Waals surface area contributed by atoms with Gasteiger partial charge in [0.1, 0.15) is 0 Å². The third kappa shape index (κ3) is 4.68. The average molecular weight is 336 g/mol. The van der Waals surface area contributed by atoms with Crippen LogP contribution in [0.2, 0.25) is 0 Å². The molecular weight excluding hydrogens is 318 g/mol. The first-order valence-corrected chi connectivity index (χ1v) is 8.36. The lowest BCUT2D eigenvalue weighted by atomic mass is 10.2. The van der Waals surface area contributed by atoms with Crippen LogP contribution in [-0.2, 0) is 20.1 Å². The highest BCUT2D eigenvalue weighted by molar-refractivity contribution is 9.08. The number of nitrogens with one attached hydrogen (secondary N) is 1. The molecule has 0 saturated heterocycles. The highest BCUT2D eigenvalue weighted by Gasteiger charge is 2.14. The topological polar surface area (TPSA) is 55.4 Å². The largest absolute Gasteiger partial charge is 0.377 e. The van der Waals surface area contributed by atoms with Crippen LogP contribution in [0.15, 0.2) is 29.2 Å². The molecule has 0 heterocycles. The molecule has 1 rings (SSSR count). The van der Waals surface area contributed by atoms with E-state index in [-0.39, 0.29) is 17.5 Å². The van der Waals surface area contributed by atoms with Crippen molar-refractivity contribution >= 4 is 26.0 Å². The Bertz CT molecular complexity index is 459. The minimum atomic E-state index is -3.44. The lowest BCUT2D eigenvalue weighted by molar-refractivity contribution is 0.0799. The zero-order valence-electron chi connectivity index (χ0n) is 10.5. The molecule has 1 atom stereocenters. The Labute approximate surface area is 117 Å². The number of hydrogen-bond acceptors (Lipinski definition) is 3. The minimum Gasteiger partial charge on any atom is -0.377 e. The van der Waals surface area contributed by atoms with Crippen molar-refractivity contribution < 1.29 is 13.2 Å². The van der Waals surface area contributed by atoms with Crippen molar-refractivity contribution in [1.82, 2.24) is 4.72 Å². The predicted octanol–water partition coefficient (Wildman–Crippen LogP) is 2.28. The number of benzene rings is 1. The normalized spacial score (nSPS) is 13.5. The lowest BCUT2D eigenvalue weighted by Crippen LogP contribution is -2.32. The van der Waals surface area contributed by atoms with E-state index in [1.54, 1.807) is 24.3 Å². The number of sulfonamides is 1. The van der Waals surface area contributed by atoms with Crippen LogP contribution in [-0.4, -0.2) is 27.7 Å². The van der Waals surface area contributed by atoms with Crippen LogP contribution in [0.4, 0.5) is 0 Å². The lowest BCUT2D eigenvalue weighted by Gasteiger charge is -2.13. The number of hydrogen-bond donors (Lipinski definition) is 1. The number of halogens is 1. The van der Waals surface area contributed by atoms with Crippen LogP contribution in [0.1, 0.15) is 19.4 Å². The van der Waals surface area contributed by atoms with Crippen LogP contribution in [0.5, 0.6) is 0 Å². The summed E-state index contributed by atoms with van der Waals surface area (Å²) in [4.78, 5) is 0.274. The summed E-state index contributed by atoms with van der Waals surface area (Å²) in [5.41, 5.74) is 1.04. The summed E-state index contributed by atoms with van der Waals surface area (Å²) < 4.78 is 31.7. The molecule has 0 spiro atoms. The van der Waals surface area contributed by atoms with Crippen molar-refractivity contribution in [2.75, 3.05) is 13.2 Å². The second-order valence-corrected chi connectivity index (χ2v) is 6.22. The second kappa shape index (κ2) is 7.23. The van der Waals surface area contributed by atoms with Gasteiger partial charge in [0.05, 0.1) is 11.0 Å². The molecule has 0 bridgehead atoms. The molecule has 0 aromatic heterocycles. The molecule has 0 saturated carbocycles. The van der Waals surface area contributed by atoms with Crippen molar-refractivity contribution in [3.63, 3.8) is 0 Å². The summed E-state index contributed by atoms with van der Waals surface area (Å²) >= 11 is 3.32. The van der Waals surface area contributed by atoms with Crippen molar-refractivity contribution in [3.8, 4) is 0 Å². The Balaban J connectivity index is 2.67. The minimum absolute atomic E-state index is 0.133. The predicted molar refractivity (Wildman–Crippen MR) is 75.3 cm³/mol. The van der Waals surface area contributed by atoms with Gasteiger partial charge in [-0.2, -0.15) is 0 Å². The van der Waals surface area contributed by atoms with Crippen LogP contribution in [0.25, 0.3) is 0 Å². The van der Waals surface area contributed by atoms with Gasteiger partial charge in [0, 0.05) is 18.5 Å². The van der Waals surface area contributed by atoms with Crippen LogP contribution >= 0.6 is 15.9 Å². The summed E-state index contributed by atoms with van der Waals surface area (Å²) in [6, 6.07) is 6.78. The maximum absolute atomic E-state index is 12.0. The van der Waals surface area contributed by atoms with Gasteiger partial charge in [-0.15, -0.1) is 0 Å². The van der Waals surface area contributed by atoms with Gasteiger partial charge in [0.25, 0.3) is 0 Å². The molecule has 0 aliphatic rings. The van der Waals surface area contributed by atoms with Gasteiger partial charge in [0.2, 0.25) is 10.0 Å². The highest BCUT2D eigenvalue weighted by atomic mass is 79.9. The molecule has 0 aliphatic carbocycles. The molecule has 18 heavy (non-hydrogen) atoms. The van der Waals surface area contributed by atoms with E-state index in [9.17, 15) is 8.42 Å². The fourth-order valence-electron chi connectivity index (χ4n) is 1.41. The summed E-state index contributed by atoms with van der Waals surface area (Å²) in [5.74, 6) is 0. The Morgan fingerprint density at radius 2 is 1.94 bits per heavy atom. The van der Waals surface area contributed by atoms with E-state index in [0.717, 1.165) is 5.56 Å². The molecule has 102 valence electrons. The van der Waals surface area contributed by atoms with Crippen molar-refractivity contribution in [1.29, 1.82) is 0 Å². The van der Waals surface area contributed by atoms with E-state index in [0.29, 0.717) is 11.9 Å². The second-order valence-electron chi connectivity index (χ2n) is 3.90. The average Bonchev–Trinajstić information content (AvgIpc) is 2.37. The molecule has 0 fully saturated rings. The third-order valence-electron chi connectivity index (χ3n) is 2.40. The Hall–Kier alpha value is -0.430. The Morgan fingerprint density at radius 1 is 1.33 bits per heavy atom. The quantitative estimate of drug-likeness (QED) is 0.778. The SMILES string of the molecule is CCOC(C)CNS(=O)(=O)c1ccc(CBr)cc1. The van der Waals surface area contributed by atoms with E-state index < -0.39 is 10.0 Å². The van der Waals surface area contributed by atoms with Crippen LogP contribution in [0, 0.1) is 0 Å². The molecule has 1 aromatic carbocycles. The zero-order valence-corrected chi connectivity index (χ0v) is 12.9. The number of rotatable bonds is 7. The highest BCUT2D eigenvalue weighted by Crippen LogP contribution is 2.12. The zero-order chi connectivity index (χ0) is 13.6. The molecule has 0 radical (unpaired) electrons. The molecule has 1 N–H and O–H groups in total. The summed E-state index contributed by atoms with van der Waals surface area (Å²) in [6.45, 7) is 4.56. The smallest absolute Gasteiger partial charge is 0.240 e. The fraction of sp³-hybridized carbons (Fsp3) is 0.500. The molecule has 0 amide bonds. The van der Waals surface area contributed by atoms with Crippen LogP contribution in [0.3, 0.4) is 0 Å². The molecule has 0 aliphatic heterocycles. The molecule has 1 aromatic rings. The van der Waals surface area contributed by atoms with E-state index in [1.165, 1.54) is 0 Å². The fourth-order valence-corrected chi connectivity index (χ4v) is 2.90.